The number of hydrogen-bond acceptors (Lipinski definition) is 6. The summed E-state index contributed by atoms with van der Waals surface area (Å²) in [5.41, 5.74) is 1.05. The molecule has 1 unspecified atom stereocenters. The maximum absolute atomic E-state index is 13.7. The summed E-state index contributed by atoms with van der Waals surface area (Å²) in [4.78, 5) is 29.3. The maximum Gasteiger partial charge on any atom is 0.295 e. The number of hydrogen-bond donors (Lipinski definition) is 1. The number of carbonyl (C=O) groups is 2. The molecule has 4 rings (SSSR count). The van der Waals surface area contributed by atoms with Crippen molar-refractivity contribution in [2.75, 3.05) is 46.0 Å². The number of quaternary nitrogens is 1. The lowest BCUT2D eigenvalue weighted by atomic mass is 9.95. The second-order valence-electron chi connectivity index (χ2n) is 9.69. The van der Waals surface area contributed by atoms with E-state index in [4.69, 9.17) is 14.2 Å². The molecule has 0 spiro atoms. The van der Waals surface area contributed by atoms with Crippen LogP contribution in [-0.2, 0) is 14.3 Å². The van der Waals surface area contributed by atoms with E-state index in [1.807, 2.05) is 45.0 Å². The molecule has 0 saturated carbocycles. The van der Waals surface area contributed by atoms with E-state index in [1.54, 1.807) is 29.2 Å². The van der Waals surface area contributed by atoms with Crippen LogP contribution in [0, 0.1) is 0 Å². The summed E-state index contributed by atoms with van der Waals surface area (Å²) < 4.78 is 16.8. The van der Waals surface area contributed by atoms with Crippen molar-refractivity contribution in [3.8, 4) is 11.5 Å². The summed E-state index contributed by atoms with van der Waals surface area (Å²) in [5, 5.41) is 13.7. The quantitative estimate of drug-likeness (QED) is 0.296. The molecule has 37 heavy (non-hydrogen) atoms. The zero-order chi connectivity index (χ0) is 26.4. The molecule has 1 atom stereocenters. The summed E-state index contributed by atoms with van der Waals surface area (Å²) in [6.07, 6.45) is 0.890. The second-order valence-corrected chi connectivity index (χ2v) is 9.69. The fourth-order valence-corrected chi connectivity index (χ4v) is 4.71. The van der Waals surface area contributed by atoms with Crippen LogP contribution in [0.3, 0.4) is 0 Å². The number of morpholine rings is 1. The molecule has 1 N–H and O–H groups in total. The van der Waals surface area contributed by atoms with Gasteiger partial charge in [0.1, 0.15) is 24.6 Å². The van der Waals surface area contributed by atoms with Gasteiger partial charge in [-0.05, 0) is 55.7 Å². The highest BCUT2D eigenvalue weighted by atomic mass is 16.5. The van der Waals surface area contributed by atoms with E-state index < -0.39 is 23.5 Å². The number of nitrogens with one attached hydrogen (secondary N) is 1. The number of carbonyl (C=O) groups excluding carboxylic acids is 2. The largest absolute Gasteiger partial charge is 0.872 e. The monoisotopic (exact) mass is 508 g/mol. The number of nitrogens with zero attached hydrogens (tertiary/aromatic N) is 1. The van der Waals surface area contributed by atoms with Crippen LogP contribution in [0.25, 0.3) is 5.76 Å². The van der Waals surface area contributed by atoms with Gasteiger partial charge in [0.05, 0.1) is 45.1 Å². The molecule has 2 aromatic rings. The number of benzene rings is 2. The van der Waals surface area contributed by atoms with Gasteiger partial charge in [-0.15, -0.1) is 0 Å². The molecule has 2 aliphatic rings. The van der Waals surface area contributed by atoms with E-state index >= 15 is 0 Å². The van der Waals surface area contributed by atoms with Crippen LogP contribution >= 0.6 is 0 Å². The third kappa shape index (κ3) is 6.32. The van der Waals surface area contributed by atoms with Crippen LogP contribution in [0.1, 0.15) is 44.4 Å². The Hall–Kier alpha value is -3.36. The molecular weight excluding hydrogens is 472 g/mol. The number of Topliss-reactive ketones (excluding diaryl/α,β-unsaturated/α-hetero) is 1. The Labute approximate surface area is 218 Å². The van der Waals surface area contributed by atoms with E-state index in [9.17, 15) is 14.7 Å². The smallest absolute Gasteiger partial charge is 0.295 e. The first-order chi connectivity index (χ1) is 17.9. The van der Waals surface area contributed by atoms with Crippen LogP contribution in [0.2, 0.25) is 0 Å². The minimum absolute atomic E-state index is 0.0123. The average Bonchev–Trinajstić information content (AvgIpc) is 3.16. The Bertz CT molecular complexity index is 1100. The van der Waals surface area contributed by atoms with Crippen molar-refractivity contribution in [2.45, 2.75) is 39.3 Å². The van der Waals surface area contributed by atoms with Crippen molar-refractivity contribution < 1.29 is 33.8 Å². The zero-order valence-corrected chi connectivity index (χ0v) is 21.8. The van der Waals surface area contributed by atoms with Gasteiger partial charge in [0.15, 0.2) is 0 Å². The first kappa shape index (κ1) is 26.7. The highest BCUT2D eigenvalue weighted by Gasteiger charge is 2.44. The van der Waals surface area contributed by atoms with Gasteiger partial charge >= 0.3 is 0 Å². The maximum atomic E-state index is 13.7. The minimum Gasteiger partial charge on any atom is -0.872 e. The van der Waals surface area contributed by atoms with Crippen LogP contribution in [0.4, 0.5) is 0 Å². The minimum atomic E-state index is -0.753. The summed E-state index contributed by atoms with van der Waals surface area (Å²) in [5.74, 6) is -0.458. The number of rotatable bonds is 10. The van der Waals surface area contributed by atoms with Gasteiger partial charge in [0.2, 0.25) is 5.78 Å². The molecule has 198 valence electrons. The van der Waals surface area contributed by atoms with Crippen LogP contribution in [-0.4, -0.2) is 68.7 Å². The van der Waals surface area contributed by atoms with Gasteiger partial charge in [0.25, 0.3) is 5.91 Å². The van der Waals surface area contributed by atoms with Gasteiger partial charge in [-0.3, -0.25) is 9.59 Å². The predicted octanol–water partition coefficient (Wildman–Crippen LogP) is 1.40. The summed E-state index contributed by atoms with van der Waals surface area (Å²) in [6.45, 7) is 10.6. The predicted molar refractivity (Wildman–Crippen MR) is 137 cm³/mol. The van der Waals surface area contributed by atoms with Crippen molar-refractivity contribution in [2.24, 2.45) is 0 Å². The number of ether oxygens (including phenoxy) is 3. The standard InChI is InChI=1S/C29H36N2O6/c1-4-17-36-23-9-7-22(8-10-23)27(32)25-26(21-5-11-24(12-6-21)37-20(2)3)31(29(34)28(25)33)14-13-30-15-18-35-19-16-30/h5-12,20,26,32H,4,13-19H2,1-3H3. The fourth-order valence-electron chi connectivity index (χ4n) is 4.71. The van der Waals surface area contributed by atoms with Crippen LogP contribution in [0.5, 0.6) is 11.5 Å². The third-order valence-electron chi connectivity index (χ3n) is 6.59. The number of ketones is 1. The molecular formula is C29H36N2O6. The van der Waals surface area contributed by atoms with E-state index in [-0.39, 0.29) is 11.7 Å². The second kappa shape index (κ2) is 12.3. The highest BCUT2D eigenvalue weighted by molar-refractivity contribution is 6.46. The van der Waals surface area contributed by atoms with E-state index in [1.165, 1.54) is 4.90 Å². The Balaban J connectivity index is 1.68. The lowest BCUT2D eigenvalue weighted by Crippen LogP contribution is -3.14. The Morgan fingerprint density at radius 3 is 2.32 bits per heavy atom. The van der Waals surface area contributed by atoms with E-state index in [0.29, 0.717) is 55.5 Å². The molecule has 0 aliphatic carbocycles. The van der Waals surface area contributed by atoms with Crippen molar-refractivity contribution in [1.29, 1.82) is 0 Å². The first-order valence-corrected chi connectivity index (χ1v) is 13.1. The zero-order valence-electron chi connectivity index (χ0n) is 21.8. The molecule has 1 amide bonds. The van der Waals surface area contributed by atoms with Gasteiger partial charge in [-0.25, -0.2) is 0 Å². The molecule has 2 heterocycles. The molecule has 2 fully saturated rings. The topological polar surface area (TPSA) is 92.6 Å². The number of amides is 1. The Morgan fingerprint density at radius 1 is 1.05 bits per heavy atom. The van der Waals surface area contributed by atoms with Crippen LogP contribution in [0.15, 0.2) is 54.1 Å². The lowest BCUT2D eigenvalue weighted by molar-refractivity contribution is -0.907. The molecule has 0 aromatic heterocycles. The number of likely N-dealkylation sites (tertiary alicyclic amines) is 1. The third-order valence-corrected chi connectivity index (χ3v) is 6.59. The molecule has 8 heteroatoms. The summed E-state index contributed by atoms with van der Waals surface area (Å²) in [6, 6.07) is 13.3. The Morgan fingerprint density at radius 2 is 1.70 bits per heavy atom. The van der Waals surface area contributed by atoms with Crippen molar-refractivity contribution in [3.63, 3.8) is 0 Å². The average molecular weight is 509 g/mol. The SMILES string of the molecule is CCCOc1ccc(C([O-])=C2C(=O)C(=O)N(CC[NH+]3CCOCC3)C2c2ccc(OC(C)C)cc2)cc1. The van der Waals surface area contributed by atoms with Crippen molar-refractivity contribution in [3.05, 3.63) is 65.2 Å². The van der Waals surface area contributed by atoms with Gasteiger partial charge in [0, 0.05) is 5.57 Å². The van der Waals surface area contributed by atoms with Crippen molar-refractivity contribution >= 4 is 17.4 Å². The van der Waals surface area contributed by atoms with E-state index in [2.05, 4.69) is 0 Å². The molecule has 8 nitrogen and oxygen atoms in total. The van der Waals surface area contributed by atoms with Gasteiger partial charge in [-0.2, -0.15) is 0 Å². The van der Waals surface area contributed by atoms with Gasteiger partial charge < -0.3 is 29.1 Å². The molecule has 0 bridgehead atoms. The van der Waals surface area contributed by atoms with E-state index in [0.717, 1.165) is 19.5 Å². The molecule has 2 aliphatic heterocycles. The lowest BCUT2D eigenvalue weighted by Gasteiger charge is -2.30. The van der Waals surface area contributed by atoms with Gasteiger partial charge in [-0.1, -0.05) is 36.9 Å². The highest BCUT2D eigenvalue weighted by Crippen LogP contribution is 2.39. The molecule has 2 saturated heterocycles. The normalized spacial score (nSPS) is 20.0. The van der Waals surface area contributed by atoms with Crippen LogP contribution < -0.4 is 19.5 Å². The summed E-state index contributed by atoms with van der Waals surface area (Å²) in [7, 11) is 0. The summed E-state index contributed by atoms with van der Waals surface area (Å²) >= 11 is 0. The Kier molecular flexibility index (Phi) is 8.84. The van der Waals surface area contributed by atoms with Crippen molar-refractivity contribution in [1.82, 2.24) is 4.90 Å². The fraction of sp³-hybridized carbons (Fsp3) is 0.448. The molecule has 2 aromatic carbocycles. The first-order valence-electron chi connectivity index (χ1n) is 13.1. The molecule has 0 radical (unpaired) electrons.